The molecule has 118 valence electrons. The van der Waals surface area contributed by atoms with Crippen LogP contribution < -0.4 is 5.32 Å². The Balaban J connectivity index is 1.90. The standard InChI is InChI=1S/C16H29N5/c1-5-7-17-15-9-13(2)18-16(19-15)12-21(4)11-14-6-8-20(3)10-14/h9,14H,5-8,10-12H2,1-4H3,(H,17,18,19). The molecular formula is C16H29N5. The molecule has 1 unspecified atom stereocenters. The minimum atomic E-state index is 0.780. The second-order valence-electron chi connectivity index (χ2n) is 6.35. The third-order valence-electron chi connectivity index (χ3n) is 3.93. The average Bonchev–Trinajstić information content (AvgIpc) is 2.80. The van der Waals surface area contributed by atoms with E-state index < -0.39 is 0 Å². The van der Waals surface area contributed by atoms with Gasteiger partial charge in [-0.1, -0.05) is 6.92 Å². The van der Waals surface area contributed by atoms with E-state index in [0.29, 0.717) is 0 Å². The molecular weight excluding hydrogens is 262 g/mol. The second-order valence-corrected chi connectivity index (χ2v) is 6.35. The van der Waals surface area contributed by atoms with Gasteiger partial charge in [-0.05, 0) is 46.3 Å². The van der Waals surface area contributed by atoms with Crippen LogP contribution in [0.25, 0.3) is 0 Å². The lowest BCUT2D eigenvalue weighted by Gasteiger charge is -2.20. The molecule has 5 nitrogen and oxygen atoms in total. The molecule has 0 aliphatic carbocycles. The predicted molar refractivity (Wildman–Crippen MR) is 87.5 cm³/mol. The van der Waals surface area contributed by atoms with Crippen molar-refractivity contribution < 1.29 is 0 Å². The van der Waals surface area contributed by atoms with E-state index in [1.165, 1.54) is 19.5 Å². The molecule has 0 spiro atoms. The minimum absolute atomic E-state index is 0.780. The fourth-order valence-electron chi connectivity index (χ4n) is 2.97. The van der Waals surface area contributed by atoms with Crippen molar-refractivity contribution in [1.29, 1.82) is 0 Å². The van der Waals surface area contributed by atoms with Crippen LogP contribution in [-0.2, 0) is 6.54 Å². The summed E-state index contributed by atoms with van der Waals surface area (Å²) in [6, 6.07) is 2.02. The number of rotatable bonds is 7. The molecule has 0 aromatic carbocycles. The highest BCUT2D eigenvalue weighted by Gasteiger charge is 2.21. The first kappa shape index (κ1) is 16.2. The molecule has 21 heavy (non-hydrogen) atoms. The van der Waals surface area contributed by atoms with E-state index in [4.69, 9.17) is 0 Å². The monoisotopic (exact) mass is 291 g/mol. The van der Waals surface area contributed by atoms with Gasteiger partial charge in [0.2, 0.25) is 0 Å². The molecule has 1 aromatic rings. The normalized spacial score (nSPS) is 19.4. The summed E-state index contributed by atoms with van der Waals surface area (Å²) in [5, 5.41) is 3.35. The third kappa shape index (κ3) is 5.25. The Morgan fingerprint density at radius 1 is 1.43 bits per heavy atom. The van der Waals surface area contributed by atoms with E-state index in [0.717, 1.165) is 49.3 Å². The Labute approximate surface area is 128 Å². The van der Waals surface area contributed by atoms with Crippen molar-refractivity contribution >= 4 is 5.82 Å². The zero-order chi connectivity index (χ0) is 15.2. The Kier molecular flexibility index (Phi) is 5.94. The summed E-state index contributed by atoms with van der Waals surface area (Å²) < 4.78 is 0. The van der Waals surface area contributed by atoms with Gasteiger partial charge in [0.1, 0.15) is 11.6 Å². The molecule has 0 saturated carbocycles. The van der Waals surface area contributed by atoms with Gasteiger partial charge in [0.05, 0.1) is 6.54 Å². The number of nitrogens with one attached hydrogen (secondary N) is 1. The van der Waals surface area contributed by atoms with E-state index >= 15 is 0 Å². The molecule has 1 aliphatic heterocycles. The third-order valence-corrected chi connectivity index (χ3v) is 3.93. The van der Waals surface area contributed by atoms with Gasteiger partial charge in [-0.25, -0.2) is 9.97 Å². The van der Waals surface area contributed by atoms with Crippen LogP contribution in [0.2, 0.25) is 0 Å². The molecule has 1 aliphatic rings. The highest BCUT2D eigenvalue weighted by molar-refractivity contribution is 5.35. The van der Waals surface area contributed by atoms with Crippen molar-refractivity contribution in [3.05, 3.63) is 17.6 Å². The van der Waals surface area contributed by atoms with Crippen LogP contribution in [0.3, 0.4) is 0 Å². The number of hydrogen-bond acceptors (Lipinski definition) is 5. The highest BCUT2D eigenvalue weighted by Crippen LogP contribution is 2.16. The Bertz CT molecular complexity index is 448. The summed E-state index contributed by atoms with van der Waals surface area (Å²) in [6.07, 6.45) is 2.41. The van der Waals surface area contributed by atoms with Crippen LogP contribution in [0.5, 0.6) is 0 Å². The van der Waals surface area contributed by atoms with Crippen molar-refractivity contribution in [2.75, 3.05) is 45.6 Å². The largest absolute Gasteiger partial charge is 0.370 e. The van der Waals surface area contributed by atoms with Crippen LogP contribution in [-0.4, -0.2) is 60.0 Å². The molecule has 5 heteroatoms. The highest BCUT2D eigenvalue weighted by atomic mass is 15.2. The fourth-order valence-corrected chi connectivity index (χ4v) is 2.97. The lowest BCUT2D eigenvalue weighted by atomic mass is 10.1. The number of likely N-dealkylation sites (tertiary alicyclic amines) is 1. The maximum Gasteiger partial charge on any atom is 0.144 e. The smallest absolute Gasteiger partial charge is 0.144 e. The number of aryl methyl sites for hydroxylation is 1. The first-order valence-corrected chi connectivity index (χ1v) is 8.02. The van der Waals surface area contributed by atoms with Gasteiger partial charge >= 0.3 is 0 Å². The molecule has 1 N–H and O–H groups in total. The number of nitrogens with zero attached hydrogens (tertiary/aromatic N) is 4. The van der Waals surface area contributed by atoms with E-state index in [9.17, 15) is 0 Å². The fraction of sp³-hybridized carbons (Fsp3) is 0.750. The summed E-state index contributed by atoms with van der Waals surface area (Å²) in [4.78, 5) is 14.0. The quantitative estimate of drug-likeness (QED) is 0.832. The Morgan fingerprint density at radius 2 is 2.24 bits per heavy atom. The van der Waals surface area contributed by atoms with Gasteiger partial charge in [-0.3, -0.25) is 4.90 Å². The van der Waals surface area contributed by atoms with Gasteiger partial charge in [0, 0.05) is 31.4 Å². The van der Waals surface area contributed by atoms with Crippen LogP contribution >= 0.6 is 0 Å². The summed E-state index contributed by atoms with van der Waals surface area (Å²) in [5.74, 6) is 2.65. The van der Waals surface area contributed by atoms with Crippen LogP contribution in [0, 0.1) is 12.8 Å². The van der Waals surface area contributed by atoms with Gasteiger partial charge in [0.15, 0.2) is 0 Å². The van der Waals surface area contributed by atoms with Crippen molar-refractivity contribution in [1.82, 2.24) is 19.8 Å². The van der Waals surface area contributed by atoms with E-state index in [2.05, 4.69) is 46.1 Å². The van der Waals surface area contributed by atoms with Crippen molar-refractivity contribution in [3.63, 3.8) is 0 Å². The van der Waals surface area contributed by atoms with Gasteiger partial charge in [0.25, 0.3) is 0 Å². The van der Waals surface area contributed by atoms with Crippen molar-refractivity contribution in [3.8, 4) is 0 Å². The van der Waals surface area contributed by atoms with Gasteiger partial charge in [-0.2, -0.15) is 0 Å². The molecule has 1 saturated heterocycles. The molecule has 1 atom stereocenters. The minimum Gasteiger partial charge on any atom is -0.370 e. The Hall–Kier alpha value is -1.20. The lowest BCUT2D eigenvalue weighted by molar-refractivity contribution is 0.262. The lowest BCUT2D eigenvalue weighted by Crippen LogP contribution is -2.28. The first-order valence-electron chi connectivity index (χ1n) is 8.02. The topological polar surface area (TPSA) is 44.3 Å². The second kappa shape index (κ2) is 7.71. The van der Waals surface area contributed by atoms with Crippen molar-refractivity contribution in [2.24, 2.45) is 5.92 Å². The number of anilines is 1. The molecule has 2 rings (SSSR count). The number of hydrogen-bond donors (Lipinski definition) is 1. The summed E-state index contributed by atoms with van der Waals surface area (Å²) >= 11 is 0. The van der Waals surface area contributed by atoms with Crippen LogP contribution in [0.4, 0.5) is 5.82 Å². The zero-order valence-electron chi connectivity index (χ0n) is 13.9. The molecule has 0 amide bonds. The summed E-state index contributed by atoms with van der Waals surface area (Å²) in [6.45, 7) is 9.54. The Morgan fingerprint density at radius 3 is 2.90 bits per heavy atom. The molecule has 1 aromatic heterocycles. The van der Waals surface area contributed by atoms with Crippen LogP contribution in [0.15, 0.2) is 6.07 Å². The first-order chi connectivity index (χ1) is 10.1. The SMILES string of the molecule is CCCNc1cc(C)nc(CN(C)CC2CCN(C)C2)n1. The van der Waals surface area contributed by atoms with Crippen LogP contribution in [0.1, 0.15) is 31.3 Å². The maximum atomic E-state index is 4.63. The summed E-state index contributed by atoms with van der Waals surface area (Å²) in [5.41, 5.74) is 1.03. The predicted octanol–water partition coefficient (Wildman–Crippen LogP) is 1.99. The summed E-state index contributed by atoms with van der Waals surface area (Å²) in [7, 11) is 4.37. The molecule has 2 heterocycles. The molecule has 1 fully saturated rings. The van der Waals surface area contributed by atoms with Gasteiger partial charge in [-0.15, -0.1) is 0 Å². The maximum absolute atomic E-state index is 4.63. The van der Waals surface area contributed by atoms with Crippen molar-refractivity contribution in [2.45, 2.75) is 33.2 Å². The molecule has 0 radical (unpaired) electrons. The average molecular weight is 291 g/mol. The molecule has 0 bridgehead atoms. The van der Waals surface area contributed by atoms with E-state index in [1.54, 1.807) is 0 Å². The van der Waals surface area contributed by atoms with E-state index in [1.807, 2.05) is 13.0 Å². The van der Waals surface area contributed by atoms with Gasteiger partial charge < -0.3 is 10.2 Å². The number of aromatic nitrogens is 2. The van der Waals surface area contributed by atoms with E-state index in [-0.39, 0.29) is 0 Å². The zero-order valence-corrected chi connectivity index (χ0v) is 13.9.